The highest BCUT2D eigenvalue weighted by molar-refractivity contribution is 7.20. The second-order valence-corrected chi connectivity index (χ2v) is 6.37. The number of fused-ring (bicyclic) bond motifs is 1. The van der Waals surface area contributed by atoms with E-state index in [9.17, 15) is 4.79 Å². The van der Waals surface area contributed by atoms with E-state index in [1.807, 2.05) is 6.07 Å². The predicted octanol–water partition coefficient (Wildman–Crippen LogP) is 3.28. The molecule has 0 aliphatic rings. The van der Waals surface area contributed by atoms with Crippen LogP contribution >= 0.6 is 11.3 Å². The summed E-state index contributed by atoms with van der Waals surface area (Å²) < 4.78 is 1.37. The van der Waals surface area contributed by atoms with Crippen molar-refractivity contribution in [1.82, 2.24) is 14.6 Å². The minimum atomic E-state index is -0.114. The van der Waals surface area contributed by atoms with Crippen LogP contribution in [0.1, 0.15) is 37.1 Å². The third kappa shape index (κ3) is 3.42. The van der Waals surface area contributed by atoms with Crippen molar-refractivity contribution >= 4 is 21.4 Å². The van der Waals surface area contributed by atoms with Crippen LogP contribution in [0.15, 0.2) is 35.1 Å². The number of rotatable bonds is 6. The molecule has 2 heterocycles. The predicted molar refractivity (Wildman–Crippen MR) is 94.3 cm³/mol. The Morgan fingerprint density at radius 1 is 1.22 bits per heavy atom. The van der Waals surface area contributed by atoms with Crippen LogP contribution in [0.25, 0.3) is 4.96 Å². The maximum Gasteiger partial charge on any atom is 0.275 e. The standard InChI is InChI=1S/C17H20N4OS/c1-3-7-14-10-15(22)21-17(19-14)23-16(20-21)18-11-13-9-6-5-8-12(13)4-2/h5-6,8-10H,3-4,7,11H2,1-2H3,(H,18,20). The maximum absolute atomic E-state index is 12.1. The maximum atomic E-state index is 12.1. The topological polar surface area (TPSA) is 59.3 Å². The molecule has 0 fully saturated rings. The summed E-state index contributed by atoms with van der Waals surface area (Å²) >= 11 is 1.41. The lowest BCUT2D eigenvalue weighted by Gasteiger charge is -2.07. The Hall–Kier alpha value is -2.21. The highest BCUT2D eigenvalue weighted by Crippen LogP contribution is 2.19. The van der Waals surface area contributed by atoms with Gasteiger partial charge in [-0.3, -0.25) is 4.79 Å². The Morgan fingerprint density at radius 3 is 2.74 bits per heavy atom. The number of hydrogen-bond donors (Lipinski definition) is 1. The van der Waals surface area contributed by atoms with Crippen LogP contribution in [0.2, 0.25) is 0 Å². The van der Waals surface area contributed by atoms with Gasteiger partial charge in [-0.25, -0.2) is 4.98 Å². The highest BCUT2D eigenvalue weighted by atomic mass is 32.1. The van der Waals surface area contributed by atoms with E-state index in [0.29, 0.717) is 16.6 Å². The summed E-state index contributed by atoms with van der Waals surface area (Å²) in [5.74, 6) is 0. The van der Waals surface area contributed by atoms with Crippen molar-refractivity contribution in [3.8, 4) is 0 Å². The SMILES string of the molecule is CCCc1cc(=O)n2nc(NCc3ccccc3CC)sc2n1. The fourth-order valence-electron chi connectivity index (χ4n) is 2.56. The van der Waals surface area contributed by atoms with Gasteiger partial charge in [0.25, 0.3) is 5.56 Å². The molecule has 23 heavy (non-hydrogen) atoms. The van der Waals surface area contributed by atoms with E-state index in [1.165, 1.54) is 27.0 Å². The number of anilines is 1. The fraction of sp³-hybridized carbons (Fsp3) is 0.353. The average Bonchev–Trinajstić information content (AvgIpc) is 2.97. The van der Waals surface area contributed by atoms with Gasteiger partial charge < -0.3 is 5.32 Å². The van der Waals surface area contributed by atoms with E-state index in [2.05, 4.69) is 47.4 Å². The molecule has 3 rings (SSSR count). The molecule has 0 amide bonds. The molecule has 120 valence electrons. The molecule has 0 radical (unpaired) electrons. The van der Waals surface area contributed by atoms with E-state index in [0.717, 1.165) is 25.0 Å². The Bertz CT molecular complexity index is 868. The Kier molecular flexibility index (Phi) is 4.71. The number of aryl methyl sites for hydroxylation is 2. The van der Waals surface area contributed by atoms with Gasteiger partial charge in [0, 0.05) is 18.3 Å². The van der Waals surface area contributed by atoms with Crippen molar-refractivity contribution < 1.29 is 0 Å². The lowest BCUT2D eigenvalue weighted by molar-refractivity contribution is 0.839. The molecule has 1 aromatic carbocycles. The fourth-order valence-corrected chi connectivity index (χ4v) is 3.38. The third-order valence-electron chi connectivity index (χ3n) is 3.73. The molecule has 0 bridgehead atoms. The number of nitrogens with zero attached hydrogens (tertiary/aromatic N) is 3. The van der Waals surface area contributed by atoms with Crippen LogP contribution in [0.3, 0.4) is 0 Å². The van der Waals surface area contributed by atoms with Gasteiger partial charge in [0.2, 0.25) is 10.1 Å². The molecule has 0 atom stereocenters. The zero-order valence-electron chi connectivity index (χ0n) is 13.4. The lowest BCUT2D eigenvalue weighted by atomic mass is 10.1. The molecule has 3 aromatic rings. The zero-order chi connectivity index (χ0) is 16.2. The Morgan fingerprint density at radius 2 is 2.00 bits per heavy atom. The molecule has 0 aliphatic carbocycles. The summed E-state index contributed by atoms with van der Waals surface area (Å²) in [5.41, 5.74) is 3.30. The normalized spacial score (nSPS) is 11.0. The lowest BCUT2D eigenvalue weighted by Crippen LogP contribution is -2.15. The van der Waals surface area contributed by atoms with Crippen LogP contribution in [0.5, 0.6) is 0 Å². The number of nitrogens with one attached hydrogen (secondary N) is 1. The zero-order valence-corrected chi connectivity index (χ0v) is 14.2. The number of benzene rings is 1. The molecule has 2 aromatic heterocycles. The van der Waals surface area contributed by atoms with Gasteiger partial charge >= 0.3 is 0 Å². The van der Waals surface area contributed by atoms with Crippen LogP contribution < -0.4 is 10.9 Å². The highest BCUT2D eigenvalue weighted by Gasteiger charge is 2.09. The van der Waals surface area contributed by atoms with Crippen molar-refractivity contribution in [3.05, 3.63) is 57.5 Å². The van der Waals surface area contributed by atoms with E-state index < -0.39 is 0 Å². The first-order valence-electron chi connectivity index (χ1n) is 7.91. The summed E-state index contributed by atoms with van der Waals surface area (Å²) in [6.07, 6.45) is 2.79. The molecule has 1 N–H and O–H groups in total. The number of aromatic nitrogens is 3. The summed E-state index contributed by atoms with van der Waals surface area (Å²) in [4.78, 5) is 17.3. The first-order valence-corrected chi connectivity index (χ1v) is 8.73. The molecule has 0 unspecified atom stereocenters. The second kappa shape index (κ2) is 6.91. The van der Waals surface area contributed by atoms with Crippen molar-refractivity contribution in [2.45, 2.75) is 39.7 Å². The van der Waals surface area contributed by atoms with E-state index in [4.69, 9.17) is 0 Å². The first kappa shape index (κ1) is 15.7. The molecule has 0 spiro atoms. The largest absolute Gasteiger partial charge is 0.356 e. The van der Waals surface area contributed by atoms with Crippen molar-refractivity contribution in [2.75, 3.05) is 5.32 Å². The summed E-state index contributed by atoms with van der Waals surface area (Å²) in [5, 5.41) is 8.36. The smallest absolute Gasteiger partial charge is 0.275 e. The van der Waals surface area contributed by atoms with Gasteiger partial charge in [0.15, 0.2) is 0 Å². The van der Waals surface area contributed by atoms with Crippen LogP contribution in [-0.4, -0.2) is 14.6 Å². The van der Waals surface area contributed by atoms with Crippen LogP contribution in [0, 0.1) is 0 Å². The van der Waals surface area contributed by atoms with Gasteiger partial charge in [0.1, 0.15) is 0 Å². The van der Waals surface area contributed by atoms with Crippen LogP contribution in [0.4, 0.5) is 5.13 Å². The summed E-state index contributed by atoms with van der Waals surface area (Å²) in [6.45, 7) is 4.92. The van der Waals surface area contributed by atoms with Gasteiger partial charge in [-0.05, 0) is 24.0 Å². The molecule has 0 saturated carbocycles. The van der Waals surface area contributed by atoms with Gasteiger partial charge in [-0.1, -0.05) is 55.9 Å². The minimum Gasteiger partial charge on any atom is -0.356 e. The van der Waals surface area contributed by atoms with E-state index in [-0.39, 0.29) is 5.56 Å². The first-order chi connectivity index (χ1) is 11.2. The monoisotopic (exact) mass is 328 g/mol. The van der Waals surface area contributed by atoms with Gasteiger partial charge in [0.05, 0.1) is 0 Å². The quantitative estimate of drug-likeness (QED) is 0.754. The molecule has 5 nitrogen and oxygen atoms in total. The summed E-state index contributed by atoms with van der Waals surface area (Å²) in [7, 11) is 0. The average molecular weight is 328 g/mol. The van der Waals surface area contributed by atoms with Crippen molar-refractivity contribution in [3.63, 3.8) is 0 Å². The molecule has 0 aliphatic heterocycles. The van der Waals surface area contributed by atoms with Crippen LogP contribution in [-0.2, 0) is 19.4 Å². The van der Waals surface area contributed by atoms with Crippen molar-refractivity contribution in [2.24, 2.45) is 0 Å². The molecular formula is C17H20N4OS. The van der Waals surface area contributed by atoms with Gasteiger partial charge in [-0.15, -0.1) is 5.10 Å². The second-order valence-electron chi connectivity index (χ2n) is 5.41. The van der Waals surface area contributed by atoms with E-state index >= 15 is 0 Å². The third-order valence-corrected chi connectivity index (χ3v) is 4.60. The summed E-state index contributed by atoms with van der Waals surface area (Å²) in [6, 6.07) is 9.92. The molecular weight excluding hydrogens is 308 g/mol. The Labute approximate surface area is 139 Å². The van der Waals surface area contributed by atoms with E-state index in [1.54, 1.807) is 6.07 Å². The van der Waals surface area contributed by atoms with Crippen molar-refractivity contribution in [1.29, 1.82) is 0 Å². The van der Waals surface area contributed by atoms with Gasteiger partial charge in [-0.2, -0.15) is 4.52 Å². The minimum absolute atomic E-state index is 0.114. The number of hydrogen-bond acceptors (Lipinski definition) is 5. The Balaban J connectivity index is 1.83. The molecule has 6 heteroatoms. The molecule has 0 saturated heterocycles.